The van der Waals surface area contributed by atoms with E-state index in [0.29, 0.717) is 46.3 Å². The Morgan fingerprint density at radius 1 is 0.458 bits per heavy atom. The molecule has 0 aliphatic rings. The van der Waals surface area contributed by atoms with Gasteiger partial charge in [-0.05, 0) is 60.7 Å². The number of hydrogen-bond acceptors (Lipinski definition) is 4. The summed E-state index contributed by atoms with van der Waals surface area (Å²) in [6.45, 7) is 0. The maximum atomic E-state index is 13.0. The van der Waals surface area contributed by atoms with Gasteiger partial charge in [-0.25, -0.2) is 19.3 Å². The topological polar surface area (TPSA) is 61.4 Å². The average molecular weight is 690 g/mol. The summed E-state index contributed by atoms with van der Waals surface area (Å²) in [7, 11) is 3.02. The van der Waals surface area contributed by atoms with E-state index in [1.165, 1.54) is 60.1 Å². The summed E-state index contributed by atoms with van der Waals surface area (Å²) in [4.78, 5) is 8.05. The first-order chi connectivity index (χ1) is 22.1. The highest BCUT2D eigenvalue weighted by Gasteiger charge is 2.38. The number of nitrogens with zero attached hydrogens (tertiary/aromatic N) is 6. The minimum Gasteiger partial charge on any atom is -0.250 e. The Kier molecular flexibility index (Phi) is 8.42. The molecule has 0 saturated heterocycles. The van der Waals surface area contributed by atoms with Crippen LogP contribution in [-0.4, -0.2) is 29.5 Å². The number of hydrogen-bond donors (Lipinski definition) is 0. The van der Waals surface area contributed by atoms with Crippen molar-refractivity contribution in [3.63, 3.8) is 0 Å². The molecule has 4 aromatic heterocycles. The number of rotatable bonds is 2. The smallest absolute Gasteiger partial charge is 0.250 e. The third kappa shape index (κ3) is 6.91. The number of aryl methyl sites for hydroxylation is 2. The Bertz CT molecular complexity index is 1900. The second kappa shape index (κ2) is 11.8. The molecule has 6 aromatic rings. The molecule has 0 amide bonds. The summed E-state index contributed by atoms with van der Waals surface area (Å²) in [6, 6.07) is 8.95. The summed E-state index contributed by atoms with van der Waals surface area (Å²) in [5, 5.41) is 8.79. The monoisotopic (exact) mass is 690 g/mol. The Labute approximate surface area is 261 Å². The van der Waals surface area contributed by atoms with Gasteiger partial charge >= 0.3 is 24.7 Å². The van der Waals surface area contributed by atoms with Crippen molar-refractivity contribution >= 4 is 22.1 Å². The van der Waals surface area contributed by atoms with Gasteiger partial charge in [0.05, 0.1) is 22.3 Å². The van der Waals surface area contributed by atoms with E-state index in [4.69, 9.17) is 0 Å². The molecule has 0 radical (unpaired) electrons. The molecular weight excluding hydrogens is 672 g/mol. The molecule has 18 heteroatoms. The fraction of sp³-hybridized carbons (Fsp3) is 0.200. The number of halogens is 12. The second-order valence-electron chi connectivity index (χ2n) is 10.3. The molecule has 2 aromatic carbocycles. The van der Waals surface area contributed by atoms with Gasteiger partial charge < -0.3 is 0 Å². The van der Waals surface area contributed by atoms with Crippen LogP contribution in [0.5, 0.6) is 0 Å². The Morgan fingerprint density at radius 3 is 1.02 bits per heavy atom. The van der Waals surface area contributed by atoms with E-state index < -0.39 is 47.0 Å². The SMILES string of the molecule is Cn1nc(-c2cc(C(F)(F)F)cc(C(F)(F)F)c2)c2cccnc21.Cn1nc(-c2cc(C(F)(F)F)cc(C(F)(F)F)c2)c2cccnc21. The van der Waals surface area contributed by atoms with Gasteiger partial charge in [0, 0.05) is 48.4 Å². The molecule has 0 atom stereocenters. The largest absolute Gasteiger partial charge is 0.416 e. The second-order valence-corrected chi connectivity index (χ2v) is 10.3. The van der Waals surface area contributed by atoms with E-state index >= 15 is 0 Å². The molecule has 252 valence electrons. The van der Waals surface area contributed by atoms with Crippen LogP contribution in [0.15, 0.2) is 73.1 Å². The first kappa shape index (κ1) is 34.2. The molecule has 6 nitrogen and oxygen atoms in total. The van der Waals surface area contributed by atoms with Crippen molar-refractivity contribution in [2.24, 2.45) is 14.1 Å². The van der Waals surface area contributed by atoms with E-state index in [-0.39, 0.29) is 34.6 Å². The number of pyridine rings is 2. The highest BCUT2D eigenvalue weighted by Crippen LogP contribution is 2.41. The molecule has 0 bridgehead atoms. The Hall–Kier alpha value is -5.16. The van der Waals surface area contributed by atoms with Gasteiger partial charge in [0.2, 0.25) is 0 Å². The van der Waals surface area contributed by atoms with E-state index in [1.54, 1.807) is 0 Å². The number of alkyl halides is 12. The van der Waals surface area contributed by atoms with Crippen LogP contribution in [-0.2, 0) is 38.8 Å². The first-order valence-electron chi connectivity index (χ1n) is 13.3. The quantitative estimate of drug-likeness (QED) is 0.170. The highest BCUT2D eigenvalue weighted by molar-refractivity contribution is 5.92. The molecule has 4 heterocycles. The van der Waals surface area contributed by atoms with Crippen LogP contribution in [0.4, 0.5) is 52.7 Å². The fourth-order valence-electron chi connectivity index (χ4n) is 4.79. The van der Waals surface area contributed by atoms with Crippen LogP contribution in [0, 0.1) is 0 Å². The first-order valence-corrected chi connectivity index (χ1v) is 13.3. The minimum atomic E-state index is -4.90. The van der Waals surface area contributed by atoms with Crippen molar-refractivity contribution in [2.45, 2.75) is 24.7 Å². The molecule has 0 aliphatic carbocycles. The zero-order chi connectivity index (χ0) is 35.4. The zero-order valence-electron chi connectivity index (χ0n) is 24.1. The van der Waals surface area contributed by atoms with E-state index in [0.717, 1.165) is 0 Å². The lowest BCUT2D eigenvalue weighted by atomic mass is 10.0. The summed E-state index contributed by atoms with van der Waals surface area (Å²) < 4.78 is 158. The van der Waals surface area contributed by atoms with Crippen molar-refractivity contribution < 1.29 is 52.7 Å². The number of benzene rings is 2. The summed E-state index contributed by atoms with van der Waals surface area (Å²) >= 11 is 0. The maximum Gasteiger partial charge on any atom is 0.416 e. The predicted octanol–water partition coefficient (Wildman–Crippen LogP) is 9.35. The Morgan fingerprint density at radius 2 is 0.750 bits per heavy atom. The van der Waals surface area contributed by atoms with Crippen LogP contribution in [0.3, 0.4) is 0 Å². The molecule has 0 unspecified atom stereocenters. The van der Waals surface area contributed by atoms with Crippen molar-refractivity contribution in [3.05, 3.63) is 95.3 Å². The predicted molar refractivity (Wildman–Crippen MR) is 148 cm³/mol. The zero-order valence-corrected chi connectivity index (χ0v) is 24.1. The van der Waals surface area contributed by atoms with Crippen LogP contribution in [0.2, 0.25) is 0 Å². The third-order valence-corrected chi connectivity index (χ3v) is 6.92. The minimum absolute atomic E-state index is 0.0113. The molecular formula is C30H18F12N6. The fourth-order valence-corrected chi connectivity index (χ4v) is 4.79. The lowest BCUT2D eigenvalue weighted by Gasteiger charge is -2.13. The van der Waals surface area contributed by atoms with Gasteiger partial charge in [0.1, 0.15) is 11.4 Å². The van der Waals surface area contributed by atoms with Crippen molar-refractivity contribution in [2.75, 3.05) is 0 Å². The number of aromatic nitrogens is 6. The van der Waals surface area contributed by atoms with Gasteiger partial charge in [-0.3, -0.25) is 0 Å². The summed E-state index contributed by atoms with van der Waals surface area (Å²) in [5.74, 6) is 0. The maximum absolute atomic E-state index is 13.0. The standard InChI is InChI=1S/2C15H9F6N3/c2*1-24-13-11(3-2-4-22-13)12(23-24)8-5-9(14(16,17)18)7-10(6-8)15(19,20)21/h2*2-7H,1H3. The summed E-state index contributed by atoms with van der Waals surface area (Å²) in [6.07, 6.45) is -16.7. The summed E-state index contributed by atoms with van der Waals surface area (Å²) in [5.41, 5.74) is -5.31. The lowest BCUT2D eigenvalue weighted by molar-refractivity contribution is -0.144. The molecule has 0 fully saturated rings. The van der Waals surface area contributed by atoms with Gasteiger partial charge in [-0.1, -0.05) is 0 Å². The number of fused-ring (bicyclic) bond motifs is 2. The van der Waals surface area contributed by atoms with E-state index in [2.05, 4.69) is 20.2 Å². The highest BCUT2D eigenvalue weighted by atomic mass is 19.4. The average Bonchev–Trinajstić information content (AvgIpc) is 3.52. The van der Waals surface area contributed by atoms with E-state index in [1.807, 2.05) is 0 Å². The van der Waals surface area contributed by atoms with Crippen LogP contribution in [0.1, 0.15) is 22.3 Å². The Balaban J connectivity index is 0.000000188. The van der Waals surface area contributed by atoms with Crippen LogP contribution >= 0.6 is 0 Å². The molecule has 48 heavy (non-hydrogen) atoms. The van der Waals surface area contributed by atoms with Crippen LogP contribution in [0.25, 0.3) is 44.6 Å². The molecule has 6 rings (SSSR count). The van der Waals surface area contributed by atoms with Crippen LogP contribution < -0.4 is 0 Å². The third-order valence-electron chi connectivity index (χ3n) is 6.92. The van der Waals surface area contributed by atoms with Gasteiger partial charge in [-0.15, -0.1) is 0 Å². The van der Waals surface area contributed by atoms with Gasteiger partial charge in [0.15, 0.2) is 11.3 Å². The van der Waals surface area contributed by atoms with Crippen molar-refractivity contribution in [1.82, 2.24) is 29.5 Å². The molecule has 0 spiro atoms. The molecule has 0 N–H and O–H groups in total. The van der Waals surface area contributed by atoms with Crippen molar-refractivity contribution in [1.29, 1.82) is 0 Å². The van der Waals surface area contributed by atoms with E-state index in [9.17, 15) is 52.7 Å². The molecule has 0 saturated carbocycles. The van der Waals surface area contributed by atoms with Gasteiger partial charge in [-0.2, -0.15) is 62.9 Å². The van der Waals surface area contributed by atoms with Gasteiger partial charge in [0.25, 0.3) is 0 Å². The lowest BCUT2D eigenvalue weighted by Crippen LogP contribution is -2.11. The molecule has 0 aliphatic heterocycles. The van der Waals surface area contributed by atoms with Crippen molar-refractivity contribution in [3.8, 4) is 22.5 Å². The normalized spacial score (nSPS) is 12.8.